The van der Waals surface area contributed by atoms with Gasteiger partial charge in [0.2, 0.25) is 0 Å². The van der Waals surface area contributed by atoms with Gasteiger partial charge in [0.1, 0.15) is 0 Å². The molecule has 3 aromatic carbocycles. The Morgan fingerprint density at radius 3 is 2.28 bits per heavy atom. The standard InChI is InChI=1S/C21H14ClNO2/c22-16-8-5-7-14(12-16)20(24)23-13-15-6-1-2-9-17(15)18-10-3-4-11-19(18)21(23)25/h1-12H,13H2. The van der Waals surface area contributed by atoms with Gasteiger partial charge in [0.05, 0.1) is 6.54 Å². The molecule has 25 heavy (non-hydrogen) atoms. The van der Waals surface area contributed by atoms with Gasteiger partial charge in [0.25, 0.3) is 11.8 Å². The summed E-state index contributed by atoms with van der Waals surface area (Å²) in [5, 5.41) is 0.467. The molecule has 0 fully saturated rings. The maximum atomic E-state index is 13.1. The zero-order valence-corrected chi connectivity index (χ0v) is 14.0. The Morgan fingerprint density at radius 2 is 1.52 bits per heavy atom. The van der Waals surface area contributed by atoms with Gasteiger partial charge in [-0.3, -0.25) is 14.5 Å². The summed E-state index contributed by atoms with van der Waals surface area (Å²) in [7, 11) is 0. The number of hydrogen-bond acceptors (Lipinski definition) is 2. The predicted octanol–water partition coefficient (Wildman–Crippen LogP) is 4.80. The van der Waals surface area contributed by atoms with E-state index in [4.69, 9.17) is 11.6 Å². The highest BCUT2D eigenvalue weighted by Crippen LogP contribution is 2.33. The zero-order valence-electron chi connectivity index (χ0n) is 13.3. The molecule has 0 saturated carbocycles. The first-order valence-electron chi connectivity index (χ1n) is 7.94. The number of benzene rings is 3. The van der Waals surface area contributed by atoms with Crippen LogP contribution in [-0.2, 0) is 6.54 Å². The molecular weight excluding hydrogens is 334 g/mol. The third kappa shape index (κ3) is 2.73. The second-order valence-electron chi connectivity index (χ2n) is 5.91. The summed E-state index contributed by atoms with van der Waals surface area (Å²) >= 11 is 6.00. The highest BCUT2D eigenvalue weighted by molar-refractivity contribution is 6.31. The van der Waals surface area contributed by atoms with Crippen LogP contribution in [0.4, 0.5) is 0 Å². The molecular formula is C21H14ClNO2. The molecule has 1 aliphatic rings. The first kappa shape index (κ1) is 15.6. The quantitative estimate of drug-likeness (QED) is 0.593. The van der Waals surface area contributed by atoms with E-state index >= 15 is 0 Å². The van der Waals surface area contributed by atoms with Gasteiger partial charge in [-0.05, 0) is 41.0 Å². The SMILES string of the molecule is O=C(c1cccc(Cl)c1)N1Cc2ccccc2-c2ccccc2C1=O. The molecule has 0 spiro atoms. The van der Waals surface area contributed by atoms with Crippen molar-refractivity contribution in [3.05, 3.63) is 94.5 Å². The second kappa shape index (κ2) is 6.19. The van der Waals surface area contributed by atoms with E-state index in [0.717, 1.165) is 16.7 Å². The van der Waals surface area contributed by atoms with Crippen LogP contribution in [0, 0.1) is 0 Å². The van der Waals surface area contributed by atoms with E-state index in [2.05, 4.69) is 0 Å². The fourth-order valence-corrected chi connectivity index (χ4v) is 3.34. The molecule has 3 nitrogen and oxygen atoms in total. The van der Waals surface area contributed by atoms with Crippen LogP contribution in [0.3, 0.4) is 0 Å². The molecule has 0 aliphatic carbocycles. The van der Waals surface area contributed by atoms with Gasteiger partial charge in [0, 0.05) is 16.1 Å². The van der Waals surface area contributed by atoms with Crippen molar-refractivity contribution < 1.29 is 9.59 Å². The normalized spacial score (nSPS) is 13.0. The average Bonchev–Trinajstić information content (AvgIpc) is 2.77. The molecule has 0 N–H and O–H groups in total. The highest BCUT2D eigenvalue weighted by Gasteiger charge is 2.30. The van der Waals surface area contributed by atoms with Crippen molar-refractivity contribution in [2.45, 2.75) is 6.54 Å². The summed E-state index contributed by atoms with van der Waals surface area (Å²) in [6.07, 6.45) is 0. The third-order valence-corrected chi connectivity index (χ3v) is 4.59. The van der Waals surface area contributed by atoms with Crippen molar-refractivity contribution in [1.29, 1.82) is 0 Å². The third-order valence-electron chi connectivity index (χ3n) is 4.36. The van der Waals surface area contributed by atoms with Crippen LogP contribution in [0.5, 0.6) is 0 Å². The van der Waals surface area contributed by atoms with Gasteiger partial charge in [-0.15, -0.1) is 0 Å². The molecule has 2 amide bonds. The number of imide groups is 1. The van der Waals surface area contributed by atoms with E-state index in [1.165, 1.54) is 4.90 Å². The molecule has 4 heteroatoms. The number of carbonyl (C=O) groups excluding carboxylic acids is 2. The van der Waals surface area contributed by atoms with E-state index in [1.807, 2.05) is 42.5 Å². The van der Waals surface area contributed by atoms with Gasteiger partial charge >= 0.3 is 0 Å². The summed E-state index contributed by atoms with van der Waals surface area (Å²) in [5.74, 6) is -0.643. The number of amides is 2. The molecule has 0 atom stereocenters. The van der Waals surface area contributed by atoms with Crippen LogP contribution in [0.15, 0.2) is 72.8 Å². The number of rotatable bonds is 1. The molecule has 122 valence electrons. The lowest BCUT2D eigenvalue weighted by atomic mass is 9.97. The minimum Gasteiger partial charge on any atom is -0.270 e. The Balaban J connectivity index is 1.86. The van der Waals surface area contributed by atoms with Crippen molar-refractivity contribution in [3.63, 3.8) is 0 Å². The first-order chi connectivity index (χ1) is 12.1. The van der Waals surface area contributed by atoms with Crippen molar-refractivity contribution in [3.8, 4) is 11.1 Å². The van der Waals surface area contributed by atoms with E-state index in [9.17, 15) is 9.59 Å². The topological polar surface area (TPSA) is 37.4 Å². The summed E-state index contributed by atoms with van der Waals surface area (Å²) in [5.41, 5.74) is 3.70. The fraction of sp³-hybridized carbons (Fsp3) is 0.0476. The molecule has 3 aromatic rings. The summed E-state index contributed by atoms with van der Waals surface area (Å²) < 4.78 is 0. The van der Waals surface area contributed by atoms with Gasteiger partial charge in [-0.25, -0.2) is 0 Å². The van der Waals surface area contributed by atoms with Crippen LogP contribution >= 0.6 is 11.6 Å². The predicted molar refractivity (Wildman–Crippen MR) is 97.5 cm³/mol. The summed E-state index contributed by atoms with van der Waals surface area (Å²) in [6, 6.07) is 21.8. The summed E-state index contributed by atoms with van der Waals surface area (Å²) in [4.78, 5) is 27.3. The number of nitrogens with zero attached hydrogens (tertiary/aromatic N) is 1. The van der Waals surface area contributed by atoms with Crippen LogP contribution in [0.25, 0.3) is 11.1 Å². The van der Waals surface area contributed by atoms with Gasteiger partial charge in [-0.2, -0.15) is 0 Å². The lowest BCUT2D eigenvalue weighted by Crippen LogP contribution is -2.35. The number of hydrogen-bond donors (Lipinski definition) is 0. The largest absolute Gasteiger partial charge is 0.270 e. The second-order valence-corrected chi connectivity index (χ2v) is 6.35. The van der Waals surface area contributed by atoms with Gasteiger partial charge < -0.3 is 0 Å². The van der Waals surface area contributed by atoms with Crippen LogP contribution in [0.1, 0.15) is 26.3 Å². The molecule has 0 radical (unpaired) electrons. The molecule has 1 heterocycles. The molecule has 0 saturated heterocycles. The maximum Gasteiger partial charge on any atom is 0.261 e. The Hall–Kier alpha value is -2.91. The number of carbonyl (C=O) groups is 2. The minimum atomic E-state index is -0.348. The Labute approximate surface area is 150 Å². The van der Waals surface area contributed by atoms with Crippen LogP contribution in [0.2, 0.25) is 5.02 Å². The minimum absolute atomic E-state index is 0.231. The van der Waals surface area contributed by atoms with Crippen molar-refractivity contribution in [2.75, 3.05) is 0 Å². The molecule has 0 aromatic heterocycles. The molecule has 0 bridgehead atoms. The fourth-order valence-electron chi connectivity index (χ4n) is 3.15. The smallest absolute Gasteiger partial charge is 0.261 e. The van der Waals surface area contributed by atoms with E-state index in [1.54, 1.807) is 30.3 Å². The Kier molecular flexibility index (Phi) is 3.86. The number of fused-ring (bicyclic) bond motifs is 3. The Bertz CT molecular complexity index is 996. The van der Waals surface area contributed by atoms with E-state index < -0.39 is 0 Å². The molecule has 0 unspecified atom stereocenters. The van der Waals surface area contributed by atoms with Crippen molar-refractivity contribution in [1.82, 2.24) is 4.90 Å². The van der Waals surface area contributed by atoms with E-state index in [-0.39, 0.29) is 18.4 Å². The monoisotopic (exact) mass is 347 g/mol. The Morgan fingerprint density at radius 1 is 0.840 bits per heavy atom. The van der Waals surface area contributed by atoms with Crippen molar-refractivity contribution in [2.24, 2.45) is 0 Å². The lowest BCUT2D eigenvalue weighted by molar-refractivity contribution is 0.0606. The zero-order chi connectivity index (χ0) is 17.4. The van der Waals surface area contributed by atoms with Crippen molar-refractivity contribution >= 4 is 23.4 Å². The molecule has 4 rings (SSSR count). The number of halogens is 1. The maximum absolute atomic E-state index is 13.1. The highest BCUT2D eigenvalue weighted by atomic mass is 35.5. The van der Waals surface area contributed by atoms with Gasteiger partial charge in [0.15, 0.2) is 0 Å². The molecule has 1 aliphatic heterocycles. The first-order valence-corrected chi connectivity index (χ1v) is 8.32. The summed E-state index contributed by atoms with van der Waals surface area (Å²) in [6.45, 7) is 0.231. The lowest BCUT2D eigenvalue weighted by Gasteiger charge is -2.19. The van der Waals surface area contributed by atoms with Crippen LogP contribution < -0.4 is 0 Å². The average molecular weight is 348 g/mol. The van der Waals surface area contributed by atoms with E-state index in [0.29, 0.717) is 16.1 Å². The van der Waals surface area contributed by atoms with Crippen LogP contribution in [-0.4, -0.2) is 16.7 Å². The van der Waals surface area contributed by atoms with Gasteiger partial charge in [-0.1, -0.05) is 60.1 Å².